The SMILES string of the molecule is CC(C)(C)c1cc(-c2nccc3c4c(oc23)-c2ccccc2-c2ccccc2-c2ccccc2-4)cc2ccccc12. The van der Waals surface area contributed by atoms with Crippen molar-refractivity contribution in [3.05, 3.63) is 127 Å². The third-order valence-corrected chi connectivity index (χ3v) is 8.42. The Morgan fingerprint density at radius 2 is 1.12 bits per heavy atom. The highest BCUT2D eigenvalue weighted by Crippen LogP contribution is 2.52. The fourth-order valence-electron chi connectivity index (χ4n) is 6.56. The maximum atomic E-state index is 6.99. The molecule has 2 nitrogen and oxygen atoms in total. The van der Waals surface area contributed by atoms with E-state index in [4.69, 9.17) is 9.40 Å². The van der Waals surface area contributed by atoms with Gasteiger partial charge in [0.15, 0.2) is 5.58 Å². The van der Waals surface area contributed by atoms with Crippen molar-refractivity contribution in [2.24, 2.45) is 0 Å². The van der Waals surface area contributed by atoms with E-state index in [-0.39, 0.29) is 5.41 Å². The number of pyridine rings is 1. The first kappa shape index (κ1) is 23.9. The van der Waals surface area contributed by atoms with Gasteiger partial charge in [-0.3, -0.25) is 4.98 Å². The van der Waals surface area contributed by atoms with Gasteiger partial charge in [-0.25, -0.2) is 0 Å². The topological polar surface area (TPSA) is 26.0 Å². The predicted molar refractivity (Wildman–Crippen MR) is 171 cm³/mol. The summed E-state index contributed by atoms with van der Waals surface area (Å²) in [4.78, 5) is 4.96. The molecule has 5 aromatic carbocycles. The van der Waals surface area contributed by atoms with Crippen LogP contribution in [0, 0.1) is 0 Å². The number of rotatable bonds is 1. The van der Waals surface area contributed by atoms with Crippen LogP contribution < -0.4 is 0 Å². The number of hydrogen-bond donors (Lipinski definition) is 0. The van der Waals surface area contributed by atoms with Gasteiger partial charge < -0.3 is 4.42 Å². The Balaban J connectivity index is 1.49. The number of fused-ring (bicyclic) bond motifs is 11. The zero-order chi connectivity index (χ0) is 27.7. The molecule has 0 bridgehead atoms. The van der Waals surface area contributed by atoms with Gasteiger partial charge in [-0.1, -0.05) is 118 Å². The highest BCUT2D eigenvalue weighted by atomic mass is 16.3. The molecule has 0 fully saturated rings. The van der Waals surface area contributed by atoms with Crippen LogP contribution >= 0.6 is 0 Å². The average molecular weight is 528 g/mol. The highest BCUT2D eigenvalue weighted by molar-refractivity contribution is 6.12. The van der Waals surface area contributed by atoms with Gasteiger partial charge >= 0.3 is 0 Å². The molecule has 0 amide bonds. The molecule has 41 heavy (non-hydrogen) atoms. The predicted octanol–water partition coefficient (Wildman–Crippen LogP) is 10.9. The smallest absolute Gasteiger partial charge is 0.161 e. The molecule has 0 N–H and O–H groups in total. The summed E-state index contributed by atoms with van der Waals surface area (Å²) in [6.45, 7) is 6.82. The van der Waals surface area contributed by atoms with Crippen LogP contribution in [0.15, 0.2) is 126 Å². The minimum absolute atomic E-state index is 0.0224. The van der Waals surface area contributed by atoms with Crippen LogP contribution in [0.25, 0.3) is 77.7 Å². The largest absolute Gasteiger partial charge is 0.453 e. The molecule has 2 aromatic heterocycles. The number of furan rings is 1. The molecule has 0 saturated carbocycles. The van der Waals surface area contributed by atoms with Crippen molar-refractivity contribution in [1.29, 1.82) is 0 Å². The summed E-state index contributed by atoms with van der Waals surface area (Å²) >= 11 is 0. The van der Waals surface area contributed by atoms with E-state index in [0.29, 0.717) is 0 Å². The van der Waals surface area contributed by atoms with Gasteiger partial charge in [-0.05, 0) is 67.8 Å². The van der Waals surface area contributed by atoms with E-state index in [1.54, 1.807) is 0 Å². The fraction of sp³-hybridized carbons (Fsp3) is 0.103. The minimum Gasteiger partial charge on any atom is -0.453 e. The number of aromatic nitrogens is 1. The number of nitrogens with zero attached hydrogens (tertiary/aromatic N) is 1. The zero-order valence-corrected chi connectivity index (χ0v) is 23.4. The van der Waals surface area contributed by atoms with Crippen molar-refractivity contribution in [2.45, 2.75) is 26.2 Å². The number of benzene rings is 5. The van der Waals surface area contributed by atoms with E-state index < -0.39 is 0 Å². The van der Waals surface area contributed by atoms with Gasteiger partial charge in [0.25, 0.3) is 0 Å². The van der Waals surface area contributed by atoms with Crippen molar-refractivity contribution in [3.8, 4) is 56.0 Å². The van der Waals surface area contributed by atoms with Crippen LogP contribution in [0.5, 0.6) is 0 Å². The molecule has 0 aliphatic heterocycles. The quantitative estimate of drug-likeness (QED) is 0.212. The molecular weight excluding hydrogens is 498 g/mol. The summed E-state index contributed by atoms with van der Waals surface area (Å²) < 4.78 is 6.99. The average Bonchev–Trinajstić information content (AvgIpc) is 3.38. The maximum absolute atomic E-state index is 6.99. The first-order valence-electron chi connectivity index (χ1n) is 14.2. The molecule has 1 aliphatic rings. The summed E-state index contributed by atoms with van der Waals surface area (Å²) in [5, 5.41) is 3.57. The highest BCUT2D eigenvalue weighted by Gasteiger charge is 2.28. The summed E-state index contributed by atoms with van der Waals surface area (Å²) in [7, 11) is 0. The lowest BCUT2D eigenvalue weighted by atomic mass is 9.82. The van der Waals surface area contributed by atoms with Crippen molar-refractivity contribution in [2.75, 3.05) is 0 Å². The second-order valence-electron chi connectivity index (χ2n) is 12.0. The van der Waals surface area contributed by atoms with E-state index in [1.165, 1.54) is 44.2 Å². The van der Waals surface area contributed by atoms with Crippen LogP contribution in [-0.2, 0) is 5.41 Å². The van der Waals surface area contributed by atoms with E-state index in [2.05, 4.69) is 136 Å². The minimum atomic E-state index is -0.0224. The Morgan fingerprint density at radius 3 is 1.80 bits per heavy atom. The standard InChI is InChI=1S/C39H29NO/c1-39(2,3)34-23-25(22-24-12-4-5-13-26(24)34)36-38-33(20-21-40-36)35-31-18-10-8-16-29(31)27-14-6-7-15-28(27)30-17-9-11-19-32(30)37(35)41-38/h4-23H,1-3H3. The van der Waals surface area contributed by atoms with E-state index in [1.807, 2.05) is 6.20 Å². The first-order valence-corrected chi connectivity index (χ1v) is 14.2. The molecule has 0 spiro atoms. The van der Waals surface area contributed by atoms with Crippen molar-refractivity contribution in [3.63, 3.8) is 0 Å². The Bertz CT molecular complexity index is 2140. The molecule has 0 atom stereocenters. The van der Waals surface area contributed by atoms with Crippen molar-refractivity contribution >= 4 is 21.7 Å². The van der Waals surface area contributed by atoms with Gasteiger partial charge in [0.05, 0.1) is 0 Å². The third kappa shape index (κ3) is 3.61. The Kier molecular flexibility index (Phi) is 5.11. The monoisotopic (exact) mass is 527 g/mol. The molecule has 7 aromatic rings. The van der Waals surface area contributed by atoms with Crippen LogP contribution in [0.2, 0.25) is 0 Å². The zero-order valence-electron chi connectivity index (χ0n) is 23.4. The van der Waals surface area contributed by atoms with Crippen LogP contribution in [0.3, 0.4) is 0 Å². The van der Waals surface area contributed by atoms with Gasteiger partial charge in [0.1, 0.15) is 11.5 Å². The lowest BCUT2D eigenvalue weighted by molar-refractivity contribution is 0.596. The second kappa shape index (κ2) is 8.78. The van der Waals surface area contributed by atoms with Crippen molar-refractivity contribution < 1.29 is 4.42 Å². The Hall–Kier alpha value is -4.95. The Morgan fingerprint density at radius 1 is 0.561 bits per heavy atom. The van der Waals surface area contributed by atoms with E-state index in [0.717, 1.165) is 39.1 Å². The third-order valence-electron chi connectivity index (χ3n) is 8.42. The van der Waals surface area contributed by atoms with Gasteiger partial charge in [0, 0.05) is 28.3 Å². The lowest BCUT2D eigenvalue weighted by Gasteiger charge is -2.22. The molecule has 2 heterocycles. The summed E-state index contributed by atoms with van der Waals surface area (Å²) in [5.41, 5.74) is 12.3. The molecule has 8 rings (SSSR count). The van der Waals surface area contributed by atoms with Crippen LogP contribution in [-0.4, -0.2) is 4.98 Å². The molecule has 0 radical (unpaired) electrons. The second-order valence-corrected chi connectivity index (χ2v) is 12.0. The van der Waals surface area contributed by atoms with Crippen LogP contribution in [0.4, 0.5) is 0 Å². The molecule has 1 aliphatic carbocycles. The van der Waals surface area contributed by atoms with Crippen molar-refractivity contribution in [1.82, 2.24) is 4.98 Å². The van der Waals surface area contributed by atoms with Gasteiger partial charge in [-0.15, -0.1) is 0 Å². The van der Waals surface area contributed by atoms with Gasteiger partial charge in [-0.2, -0.15) is 0 Å². The fourth-order valence-corrected chi connectivity index (χ4v) is 6.56. The normalized spacial score (nSPS) is 12.3. The maximum Gasteiger partial charge on any atom is 0.161 e. The molecule has 0 saturated heterocycles. The lowest BCUT2D eigenvalue weighted by Crippen LogP contribution is -2.12. The van der Waals surface area contributed by atoms with E-state index in [9.17, 15) is 0 Å². The summed E-state index contributed by atoms with van der Waals surface area (Å²) in [6.07, 6.45) is 1.93. The van der Waals surface area contributed by atoms with Gasteiger partial charge in [0.2, 0.25) is 0 Å². The van der Waals surface area contributed by atoms with E-state index >= 15 is 0 Å². The molecule has 196 valence electrons. The Labute approximate surface area is 239 Å². The molecular formula is C39H29NO. The summed E-state index contributed by atoms with van der Waals surface area (Å²) in [5.74, 6) is 0.892. The molecule has 2 heteroatoms. The number of hydrogen-bond acceptors (Lipinski definition) is 2. The summed E-state index contributed by atoms with van der Waals surface area (Å²) in [6, 6.07) is 41.3. The first-order chi connectivity index (χ1) is 20.0. The van der Waals surface area contributed by atoms with Crippen LogP contribution in [0.1, 0.15) is 26.3 Å². The molecule has 0 unspecified atom stereocenters.